The van der Waals surface area contributed by atoms with Gasteiger partial charge in [0.2, 0.25) is 5.91 Å². The molecule has 0 aromatic carbocycles. The van der Waals surface area contributed by atoms with Crippen LogP contribution in [0, 0.1) is 0 Å². The molecule has 0 aliphatic rings. The molecule has 1 rings (SSSR count). The van der Waals surface area contributed by atoms with Gasteiger partial charge in [0.25, 0.3) is 0 Å². The zero-order valence-electron chi connectivity index (χ0n) is 8.06. The molecule has 70 valence electrons. The van der Waals surface area contributed by atoms with Crippen molar-refractivity contribution in [2.45, 2.75) is 26.8 Å². The Balaban J connectivity index is 2.96. The van der Waals surface area contributed by atoms with E-state index >= 15 is 0 Å². The highest BCUT2D eigenvalue weighted by molar-refractivity contribution is 5.91. The Hall–Kier alpha value is -1.45. The van der Waals surface area contributed by atoms with Crippen LogP contribution in [-0.2, 0) is 4.79 Å². The van der Waals surface area contributed by atoms with E-state index in [-0.39, 0.29) is 11.9 Å². The Morgan fingerprint density at radius 3 is 2.31 bits per heavy atom. The zero-order valence-corrected chi connectivity index (χ0v) is 8.06. The van der Waals surface area contributed by atoms with Crippen LogP contribution in [0.5, 0.6) is 0 Å². The van der Waals surface area contributed by atoms with Crippen LogP contribution in [0.25, 0.3) is 0 Å². The van der Waals surface area contributed by atoms with Gasteiger partial charge in [0.05, 0.1) is 18.1 Å². The van der Waals surface area contributed by atoms with Gasteiger partial charge in [-0.1, -0.05) is 0 Å². The molecule has 0 aliphatic carbocycles. The summed E-state index contributed by atoms with van der Waals surface area (Å²) in [6.07, 6.45) is 4.71. The molecule has 0 aliphatic heterocycles. The highest BCUT2D eigenvalue weighted by atomic mass is 16.2. The standard InChI is InChI=1S/C9H13N3O/c1-7(2)12(8(3)13)9-4-10-6-11-5-9/h4-7H,1-3H3. The molecule has 1 heterocycles. The van der Waals surface area contributed by atoms with E-state index in [0.717, 1.165) is 5.69 Å². The van der Waals surface area contributed by atoms with E-state index in [0.29, 0.717) is 0 Å². The maximum absolute atomic E-state index is 11.3. The summed E-state index contributed by atoms with van der Waals surface area (Å²) in [5.74, 6) is 0.00444. The van der Waals surface area contributed by atoms with Crippen LogP contribution < -0.4 is 4.90 Å². The van der Waals surface area contributed by atoms with Crippen molar-refractivity contribution in [1.29, 1.82) is 0 Å². The normalized spacial score (nSPS) is 10.2. The van der Waals surface area contributed by atoms with Crippen molar-refractivity contribution >= 4 is 11.6 Å². The molecule has 13 heavy (non-hydrogen) atoms. The lowest BCUT2D eigenvalue weighted by Gasteiger charge is -2.24. The summed E-state index contributed by atoms with van der Waals surface area (Å²) in [4.78, 5) is 20.6. The quantitative estimate of drug-likeness (QED) is 0.686. The topological polar surface area (TPSA) is 46.1 Å². The average Bonchev–Trinajstić information content (AvgIpc) is 2.04. The zero-order chi connectivity index (χ0) is 9.84. The first-order valence-electron chi connectivity index (χ1n) is 4.17. The van der Waals surface area contributed by atoms with Gasteiger partial charge < -0.3 is 4.90 Å². The maximum atomic E-state index is 11.3. The molecule has 0 spiro atoms. The van der Waals surface area contributed by atoms with Crippen LogP contribution in [0.2, 0.25) is 0 Å². The minimum absolute atomic E-state index is 0.00444. The van der Waals surface area contributed by atoms with Crippen molar-refractivity contribution in [3.8, 4) is 0 Å². The van der Waals surface area contributed by atoms with Gasteiger partial charge in [0, 0.05) is 13.0 Å². The summed E-state index contributed by atoms with van der Waals surface area (Å²) in [7, 11) is 0. The number of nitrogens with zero attached hydrogens (tertiary/aromatic N) is 3. The smallest absolute Gasteiger partial charge is 0.224 e. The summed E-state index contributed by atoms with van der Waals surface area (Å²) < 4.78 is 0. The second-order valence-corrected chi connectivity index (χ2v) is 3.08. The molecule has 0 N–H and O–H groups in total. The predicted octanol–water partition coefficient (Wildman–Crippen LogP) is 1.24. The lowest BCUT2D eigenvalue weighted by atomic mass is 10.3. The van der Waals surface area contributed by atoms with E-state index in [1.165, 1.54) is 13.3 Å². The summed E-state index contributed by atoms with van der Waals surface area (Å²) in [6.45, 7) is 5.44. The molecular weight excluding hydrogens is 166 g/mol. The summed E-state index contributed by atoms with van der Waals surface area (Å²) in [5, 5.41) is 0. The van der Waals surface area contributed by atoms with Crippen molar-refractivity contribution in [3.63, 3.8) is 0 Å². The number of hydrogen-bond donors (Lipinski definition) is 0. The Kier molecular flexibility index (Phi) is 2.95. The highest BCUT2D eigenvalue weighted by Gasteiger charge is 2.14. The van der Waals surface area contributed by atoms with Crippen molar-refractivity contribution in [2.24, 2.45) is 0 Å². The summed E-state index contributed by atoms with van der Waals surface area (Å²) in [5.41, 5.74) is 0.741. The van der Waals surface area contributed by atoms with Crippen LogP contribution >= 0.6 is 0 Å². The molecule has 4 nitrogen and oxygen atoms in total. The van der Waals surface area contributed by atoms with Gasteiger partial charge in [-0.3, -0.25) is 4.79 Å². The fraction of sp³-hybridized carbons (Fsp3) is 0.444. The molecule has 1 aromatic rings. The van der Waals surface area contributed by atoms with Crippen LogP contribution in [-0.4, -0.2) is 21.9 Å². The first-order chi connectivity index (χ1) is 6.13. The molecule has 4 heteroatoms. The lowest BCUT2D eigenvalue weighted by molar-refractivity contribution is -0.116. The predicted molar refractivity (Wildman–Crippen MR) is 50.3 cm³/mol. The molecule has 0 unspecified atom stereocenters. The fourth-order valence-electron chi connectivity index (χ4n) is 1.26. The Labute approximate surface area is 77.6 Å². The first kappa shape index (κ1) is 9.64. The molecule has 0 fully saturated rings. The van der Waals surface area contributed by atoms with E-state index in [4.69, 9.17) is 0 Å². The van der Waals surface area contributed by atoms with Crippen molar-refractivity contribution < 1.29 is 4.79 Å². The number of aromatic nitrogens is 2. The van der Waals surface area contributed by atoms with Gasteiger partial charge in [-0.25, -0.2) is 9.97 Å². The van der Waals surface area contributed by atoms with E-state index < -0.39 is 0 Å². The largest absolute Gasteiger partial charge is 0.307 e. The average molecular weight is 179 g/mol. The van der Waals surface area contributed by atoms with Gasteiger partial charge in [-0.15, -0.1) is 0 Å². The van der Waals surface area contributed by atoms with Crippen LogP contribution in [0.15, 0.2) is 18.7 Å². The van der Waals surface area contributed by atoms with Gasteiger partial charge in [-0.05, 0) is 13.8 Å². The van der Waals surface area contributed by atoms with Crippen molar-refractivity contribution in [3.05, 3.63) is 18.7 Å². The van der Waals surface area contributed by atoms with Gasteiger partial charge in [0.15, 0.2) is 0 Å². The lowest BCUT2D eigenvalue weighted by Crippen LogP contribution is -2.35. The third kappa shape index (κ3) is 2.24. The third-order valence-corrected chi connectivity index (χ3v) is 1.68. The molecule has 1 aromatic heterocycles. The van der Waals surface area contributed by atoms with E-state index in [2.05, 4.69) is 9.97 Å². The van der Waals surface area contributed by atoms with Gasteiger partial charge in [0.1, 0.15) is 6.33 Å². The molecular formula is C9H13N3O. The number of anilines is 1. The Bertz CT molecular complexity index is 284. The highest BCUT2D eigenvalue weighted by Crippen LogP contribution is 2.13. The molecule has 1 amide bonds. The molecule has 0 bridgehead atoms. The monoisotopic (exact) mass is 179 g/mol. The maximum Gasteiger partial charge on any atom is 0.224 e. The fourth-order valence-corrected chi connectivity index (χ4v) is 1.26. The summed E-state index contributed by atoms with van der Waals surface area (Å²) >= 11 is 0. The third-order valence-electron chi connectivity index (χ3n) is 1.68. The minimum Gasteiger partial charge on any atom is -0.307 e. The number of amides is 1. The number of carbonyl (C=O) groups is 1. The van der Waals surface area contributed by atoms with Gasteiger partial charge in [-0.2, -0.15) is 0 Å². The Morgan fingerprint density at radius 2 is 1.92 bits per heavy atom. The van der Waals surface area contributed by atoms with Gasteiger partial charge >= 0.3 is 0 Å². The summed E-state index contributed by atoms with van der Waals surface area (Å²) in [6, 6.07) is 0.128. The molecule has 0 saturated carbocycles. The Morgan fingerprint density at radius 1 is 1.38 bits per heavy atom. The number of carbonyl (C=O) groups excluding carboxylic acids is 1. The number of hydrogen-bond acceptors (Lipinski definition) is 3. The molecule has 0 radical (unpaired) electrons. The minimum atomic E-state index is 0.00444. The second-order valence-electron chi connectivity index (χ2n) is 3.08. The van der Waals surface area contributed by atoms with E-state index in [1.807, 2.05) is 13.8 Å². The van der Waals surface area contributed by atoms with E-state index in [1.54, 1.807) is 17.3 Å². The van der Waals surface area contributed by atoms with Crippen LogP contribution in [0.3, 0.4) is 0 Å². The van der Waals surface area contributed by atoms with Crippen LogP contribution in [0.1, 0.15) is 20.8 Å². The molecule has 0 saturated heterocycles. The SMILES string of the molecule is CC(=O)N(c1cncnc1)C(C)C. The van der Waals surface area contributed by atoms with Crippen LogP contribution in [0.4, 0.5) is 5.69 Å². The first-order valence-corrected chi connectivity index (χ1v) is 4.17. The van der Waals surface area contributed by atoms with Crippen molar-refractivity contribution in [1.82, 2.24) is 9.97 Å². The van der Waals surface area contributed by atoms with Crippen molar-refractivity contribution in [2.75, 3.05) is 4.90 Å². The number of rotatable bonds is 2. The molecule has 0 atom stereocenters. The second kappa shape index (κ2) is 3.98. The van der Waals surface area contributed by atoms with E-state index in [9.17, 15) is 4.79 Å².